The first-order valence-corrected chi connectivity index (χ1v) is 6.56. The molecule has 0 saturated carbocycles. The molecule has 2 N–H and O–H groups in total. The summed E-state index contributed by atoms with van der Waals surface area (Å²) in [5.41, 5.74) is 6.92. The van der Waals surface area contributed by atoms with E-state index in [1.807, 2.05) is 0 Å². The Kier molecular flexibility index (Phi) is 4.38. The molecule has 1 aromatic carbocycles. The lowest BCUT2D eigenvalue weighted by Gasteiger charge is -2.11. The molecule has 0 unspecified atom stereocenters. The standard InChI is InChI=1S/C13H9Cl3N2O2/c1-20-13(19)6-4-7(12(17)18-5-6)10-8(14)2-3-9(15)11(10)16/h2-5H,1H3,(H2,17,18). The number of hydrogen-bond donors (Lipinski definition) is 1. The smallest absolute Gasteiger partial charge is 0.339 e. The molecule has 2 aromatic rings. The van der Waals surface area contributed by atoms with E-state index in [-0.39, 0.29) is 16.4 Å². The van der Waals surface area contributed by atoms with Gasteiger partial charge in [-0.2, -0.15) is 0 Å². The van der Waals surface area contributed by atoms with Gasteiger partial charge in [0.15, 0.2) is 0 Å². The Morgan fingerprint density at radius 3 is 2.55 bits per heavy atom. The first-order valence-electron chi connectivity index (χ1n) is 5.43. The second-order valence-corrected chi connectivity index (χ2v) is 5.06. The van der Waals surface area contributed by atoms with Crippen molar-refractivity contribution >= 4 is 46.6 Å². The Bertz CT molecular complexity index is 690. The van der Waals surface area contributed by atoms with Gasteiger partial charge in [0, 0.05) is 17.3 Å². The maximum absolute atomic E-state index is 11.5. The van der Waals surface area contributed by atoms with Gasteiger partial charge in [-0.05, 0) is 18.2 Å². The molecule has 0 amide bonds. The molecule has 1 aromatic heterocycles. The summed E-state index contributed by atoms with van der Waals surface area (Å²) in [7, 11) is 1.28. The molecule has 20 heavy (non-hydrogen) atoms. The molecule has 104 valence electrons. The third-order valence-corrected chi connectivity index (χ3v) is 3.77. The van der Waals surface area contributed by atoms with E-state index in [0.717, 1.165) is 0 Å². The van der Waals surface area contributed by atoms with Crippen LogP contribution in [0.2, 0.25) is 15.1 Å². The number of ether oxygens (including phenoxy) is 1. The molecule has 0 radical (unpaired) electrons. The van der Waals surface area contributed by atoms with Crippen LogP contribution in [0.5, 0.6) is 0 Å². The summed E-state index contributed by atoms with van der Waals surface area (Å²) in [6, 6.07) is 4.68. The summed E-state index contributed by atoms with van der Waals surface area (Å²) in [6.07, 6.45) is 1.32. The van der Waals surface area contributed by atoms with Gasteiger partial charge in [-0.3, -0.25) is 0 Å². The molecule has 0 saturated heterocycles. The highest BCUT2D eigenvalue weighted by Gasteiger charge is 2.17. The minimum absolute atomic E-state index is 0.184. The number of aromatic nitrogens is 1. The summed E-state index contributed by atoms with van der Waals surface area (Å²) in [6.45, 7) is 0. The number of halogens is 3. The van der Waals surface area contributed by atoms with Gasteiger partial charge in [-0.1, -0.05) is 34.8 Å². The van der Waals surface area contributed by atoms with E-state index in [4.69, 9.17) is 40.5 Å². The van der Waals surface area contributed by atoms with Crippen LogP contribution in [0.3, 0.4) is 0 Å². The Hall–Kier alpha value is -1.49. The molecule has 7 heteroatoms. The second kappa shape index (κ2) is 5.87. The van der Waals surface area contributed by atoms with E-state index < -0.39 is 5.97 Å². The van der Waals surface area contributed by atoms with Crippen molar-refractivity contribution in [3.05, 3.63) is 45.0 Å². The van der Waals surface area contributed by atoms with Crippen LogP contribution in [0.15, 0.2) is 24.4 Å². The highest BCUT2D eigenvalue weighted by atomic mass is 35.5. The van der Waals surface area contributed by atoms with E-state index in [9.17, 15) is 4.79 Å². The fraction of sp³-hybridized carbons (Fsp3) is 0.0769. The zero-order chi connectivity index (χ0) is 14.9. The Balaban J connectivity index is 2.70. The maximum Gasteiger partial charge on any atom is 0.339 e. The molecule has 0 bridgehead atoms. The van der Waals surface area contributed by atoms with Crippen LogP contribution < -0.4 is 5.73 Å². The molecule has 0 aliphatic carbocycles. The molecular weight excluding hydrogens is 323 g/mol. The van der Waals surface area contributed by atoms with Crippen molar-refractivity contribution in [1.29, 1.82) is 0 Å². The summed E-state index contributed by atoms with van der Waals surface area (Å²) < 4.78 is 4.64. The van der Waals surface area contributed by atoms with Crippen LogP contribution in [0.1, 0.15) is 10.4 Å². The highest BCUT2D eigenvalue weighted by Crippen LogP contribution is 2.41. The van der Waals surface area contributed by atoms with Gasteiger partial charge < -0.3 is 10.5 Å². The molecular formula is C13H9Cl3N2O2. The van der Waals surface area contributed by atoms with Crippen molar-refractivity contribution in [3.8, 4) is 11.1 Å². The third kappa shape index (κ3) is 2.68. The lowest BCUT2D eigenvalue weighted by molar-refractivity contribution is 0.0600. The fourth-order valence-electron chi connectivity index (χ4n) is 1.68. The normalized spacial score (nSPS) is 10.4. The number of nitrogens with zero attached hydrogens (tertiary/aromatic N) is 1. The van der Waals surface area contributed by atoms with Crippen LogP contribution in [0, 0.1) is 0 Å². The van der Waals surface area contributed by atoms with Crippen molar-refractivity contribution in [2.24, 2.45) is 0 Å². The average Bonchev–Trinajstić information content (AvgIpc) is 2.44. The Morgan fingerprint density at radius 2 is 1.90 bits per heavy atom. The van der Waals surface area contributed by atoms with E-state index in [1.54, 1.807) is 12.1 Å². The van der Waals surface area contributed by atoms with Crippen molar-refractivity contribution in [2.45, 2.75) is 0 Å². The summed E-state index contributed by atoms with van der Waals surface area (Å²) in [5.74, 6) is -0.350. The largest absolute Gasteiger partial charge is 0.465 e. The minimum Gasteiger partial charge on any atom is -0.465 e. The zero-order valence-corrected chi connectivity index (χ0v) is 12.6. The minimum atomic E-state index is -0.534. The van der Waals surface area contributed by atoms with Gasteiger partial charge in [0.2, 0.25) is 0 Å². The first kappa shape index (κ1) is 14.9. The van der Waals surface area contributed by atoms with Crippen molar-refractivity contribution in [2.75, 3.05) is 12.8 Å². The first-order chi connectivity index (χ1) is 9.45. The van der Waals surface area contributed by atoms with E-state index in [1.165, 1.54) is 19.4 Å². The summed E-state index contributed by atoms with van der Waals surface area (Å²) in [5, 5.41) is 0.929. The van der Waals surface area contributed by atoms with Crippen LogP contribution in [0.4, 0.5) is 5.82 Å². The summed E-state index contributed by atoms with van der Waals surface area (Å²) in [4.78, 5) is 15.5. The highest BCUT2D eigenvalue weighted by molar-refractivity contribution is 6.46. The van der Waals surface area contributed by atoms with E-state index >= 15 is 0 Å². The predicted molar refractivity (Wildman–Crippen MR) is 80.5 cm³/mol. The predicted octanol–water partition coefficient (Wildman–Crippen LogP) is 4.08. The SMILES string of the molecule is COC(=O)c1cnc(N)c(-c2c(Cl)ccc(Cl)c2Cl)c1. The van der Waals surface area contributed by atoms with Crippen LogP contribution in [0.25, 0.3) is 11.1 Å². The van der Waals surface area contributed by atoms with E-state index in [0.29, 0.717) is 21.2 Å². The zero-order valence-electron chi connectivity index (χ0n) is 10.3. The molecule has 4 nitrogen and oxygen atoms in total. The van der Waals surface area contributed by atoms with Gasteiger partial charge in [0.05, 0.1) is 27.7 Å². The number of anilines is 1. The number of carbonyl (C=O) groups is 1. The average molecular weight is 332 g/mol. The molecule has 0 aliphatic heterocycles. The Morgan fingerprint density at radius 1 is 1.25 bits per heavy atom. The molecule has 0 atom stereocenters. The van der Waals surface area contributed by atoms with E-state index in [2.05, 4.69) is 9.72 Å². The lowest BCUT2D eigenvalue weighted by Crippen LogP contribution is -2.04. The number of hydrogen-bond acceptors (Lipinski definition) is 4. The molecule has 0 fully saturated rings. The van der Waals surface area contributed by atoms with Crippen LogP contribution >= 0.6 is 34.8 Å². The van der Waals surface area contributed by atoms with Crippen molar-refractivity contribution in [3.63, 3.8) is 0 Å². The molecule has 0 aliphatic rings. The second-order valence-electron chi connectivity index (χ2n) is 3.87. The number of esters is 1. The molecule has 0 spiro atoms. The van der Waals surface area contributed by atoms with Gasteiger partial charge in [-0.15, -0.1) is 0 Å². The monoisotopic (exact) mass is 330 g/mol. The number of nitrogen functional groups attached to an aromatic ring is 1. The van der Waals surface area contributed by atoms with Crippen molar-refractivity contribution < 1.29 is 9.53 Å². The number of pyridine rings is 1. The molecule has 1 heterocycles. The van der Waals surface area contributed by atoms with Gasteiger partial charge in [-0.25, -0.2) is 9.78 Å². The van der Waals surface area contributed by atoms with Gasteiger partial charge in [0.25, 0.3) is 0 Å². The Labute approximate surface area is 130 Å². The number of benzene rings is 1. The van der Waals surface area contributed by atoms with Crippen LogP contribution in [-0.4, -0.2) is 18.1 Å². The lowest BCUT2D eigenvalue weighted by atomic mass is 10.0. The quantitative estimate of drug-likeness (QED) is 0.665. The molecule has 2 rings (SSSR count). The van der Waals surface area contributed by atoms with Crippen LogP contribution in [-0.2, 0) is 4.74 Å². The topological polar surface area (TPSA) is 65.2 Å². The van der Waals surface area contributed by atoms with Gasteiger partial charge in [0.1, 0.15) is 5.82 Å². The fourth-order valence-corrected chi connectivity index (χ4v) is 2.41. The number of methoxy groups -OCH3 is 1. The van der Waals surface area contributed by atoms with Gasteiger partial charge >= 0.3 is 5.97 Å². The maximum atomic E-state index is 11.5. The third-order valence-electron chi connectivity index (χ3n) is 2.65. The number of carbonyl (C=O) groups excluding carboxylic acids is 1. The number of rotatable bonds is 2. The number of nitrogens with two attached hydrogens (primary N) is 1. The summed E-state index contributed by atoms with van der Waals surface area (Å²) >= 11 is 18.3. The van der Waals surface area contributed by atoms with Crippen molar-refractivity contribution in [1.82, 2.24) is 4.98 Å².